The zero-order valence-electron chi connectivity index (χ0n) is 21.0. The third-order valence-corrected chi connectivity index (χ3v) is 8.02. The third kappa shape index (κ3) is 7.11. The molecule has 0 atom stereocenters. The Kier molecular flexibility index (Phi) is 8.59. The maximum Gasteiger partial charge on any atom is 0.416 e. The van der Waals surface area contributed by atoms with E-state index in [1.54, 1.807) is 6.07 Å². The highest BCUT2D eigenvalue weighted by Crippen LogP contribution is 2.42. The Morgan fingerprint density at radius 1 is 0.784 bits per heavy atom. The average molecular weight is 525 g/mol. The van der Waals surface area contributed by atoms with Gasteiger partial charge in [0.2, 0.25) is 0 Å². The molecule has 2 aromatic carbocycles. The van der Waals surface area contributed by atoms with Gasteiger partial charge in [0.05, 0.1) is 11.5 Å². The van der Waals surface area contributed by atoms with Gasteiger partial charge in [-0.05, 0) is 117 Å². The summed E-state index contributed by atoms with van der Waals surface area (Å²) in [6, 6.07) is 8.97. The van der Waals surface area contributed by atoms with E-state index in [-0.39, 0.29) is 23.4 Å². The second kappa shape index (κ2) is 11.5. The standard InChI is InChI=1S/C30H34F6O/c1-2-20-9-18-27(28(31)19-20)23-10-5-21(6-11-23)3-4-22-7-12-25(13-8-22)30(35,36)37-26-16-14-24(15-17-26)29(32,33)34/h3-4,9,14-19,21-23,25H,2,5-8,10-13H2,1H3/b4-3+. The van der Waals surface area contributed by atoms with Crippen LogP contribution >= 0.6 is 0 Å². The van der Waals surface area contributed by atoms with Crippen LogP contribution in [0.25, 0.3) is 0 Å². The second-order valence-electron chi connectivity index (χ2n) is 10.5. The highest BCUT2D eigenvalue weighted by Gasteiger charge is 2.44. The summed E-state index contributed by atoms with van der Waals surface area (Å²) in [4.78, 5) is 0. The van der Waals surface area contributed by atoms with Crippen LogP contribution in [0.1, 0.15) is 80.9 Å². The lowest BCUT2D eigenvalue weighted by molar-refractivity contribution is -0.223. The fourth-order valence-corrected chi connectivity index (χ4v) is 5.66. The molecule has 2 aliphatic carbocycles. The minimum atomic E-state index is -4.52. The number of aryl methyl sites for hydroxylation is 1. The van der Waals surface area contributed by atoms with E-state index in [4.69, 9.17) is 4.74 Å². The number of hydrogen-bond donors (Lipinski definition) is 0. The van der Waals surface area contributed by atoms with Crippen LogP contribution in [0.5, 0.6) is 5.75 Å². The van der Waals surface area contributed by atoms with Gasteiger partial charge in [0.15, 0.2) is 0 Å². The largest absolute Gasteiger partial charge is 0.432 e. The van der Waals surface area contributed by atoms with Crippen LogP contribution in [-0.2, 0) is 12.6 Å². The van der Waals surface area contributed by atoms with Gasteiger partial charge in [-0.1, -0.05) is 31.2 Å². The van der Waals surface area contributed by atoms with Gasteiger partial charge in [0.25, 0.3) is 0 Å². The van der Waals surface area contributed by atoms with E-state index < -0.39 is 23.8 Å². The molecule has 0 unspecified atom stereocenters. The topological polar surface area (TPSA) is 9.23 Å². The maximum absolute atomic E-state index is 14.7. The molecule has 2 saturated carbocycles. The molecule has 0 amide bonds. The highest BCUT2D eigenvalue weighted by atomic mass is 19.4. The summed E-state index contributed by atoms with van der Waals surface area (Å²) in [5.41, 5.74) is 0.927. The van der Waals surface area contributed by atoms with Gasteiger partial charge in [-0.2, -0.15) is 22.0 Å². The van der Waals surface area contributed by atoms with Gasteiger partial charge in [0, 0.05) is 0 Å². The molecule has 0 bridgehead atoms. The van der Waals surface area contributed by atoms with Crippen molar-refractivity contribution in [1.82, 2.24) is 0 Å². The van der Waals surface area contributed by atoms with E-state index in [9.17, 15) is 26.3 Å². The molecule has 7 heteroatoms. The molecule has 2 aromatic rings. The summed E-state index contributed by atoms with van der Waals surface area (Å²) in [6.07, 6.45) is 2.94. The number of ether oxygens (including phenoxy) is 1. The van der Waals surface area contributed by atoms with E-state index in [2.05, 4.69) is 12.2 Å². The first kappa shape index (κ1) is 27.6. The number of alkyl halides is 5. The van der Waals surface area contributed by atoms with Crippen LogP contribution in [0, 0.1) is 23.6 Å². The second-order valence-corrected chi connectivity index (χ2v) is 10.5. The molecule has 0 aromatic heterocycles. The molecule has 0 aliphatic heterocycles. The summed E-state index contributed by atoms with van der Waals surface area (Å²) in [6.45, 7) is 2.02. The van der Waals surface area contributed by atoms with Crippen LogP contribution in [0.3, 0.4) is 0 Å². The lowest BCUT2D eigenvalue weighted by atomic mass is 9.77. The molecule has 1 nitrogen and oxygen atoms in total. The predicted octanol–water partition coefficient (Wildman–Crippen LogP) is 9.72. The number of rotatable bonds is 7. The number of hydrogen-bond acceptors (Lipinski definition) is 1. The molecule has 2 fully saturated rings. The van der Waals surface area contributed by atoms with E-state index in [1.165, 1.54) is 0 Å². The predicted molar refractivity (Wildman–Crippen MR) is 132 cm³/mol. The number of benzene rings is 2. The fraction of sp³-hybridized carbons (Fsp3) is 0.533. The van der Waals surface area contributed by atoms with Gasteiger partial charge in [-0.15, -0.1) is 0 Å². The summed E-state index contributed by atoms with van der Waals surface area (Å²) in [5, 5.41) is 0. The number of halogens is 6. The zero-order chi connectivity index (χ0) is 26.6. The van der Waals surface area contributed by atoms with E-state index in [1.807, 2.05) is 19.1 Å². The highest BCUT2D eigenvalue weighted by molar-refractivity contribution is 5.29. The van der Waals surface area contributed by atoms with Crippen LogP contribution in [0.4, 0.5) is 26.3 Å². The molecule has 202 valence electrons. The van der Waals surface area contributed by atoms with Crippen LogP contribution in [0.2, 0.25) is 0 Å². The van der Waals surface area contributed by atoms with Crippen molar-refractivity contribution in [3.63, 3.8) is 0 Å². The Bertz CT molecular complexity index is 1040. The molecule has 37 heavy (non-hydrogen) atoms. The van der Waals surface area contributed by atoms with Crippen molar-refractivity contribution in [3.05, 3.63) is 77.1 Å². The first-order valence-corrected chi connectivity index (χ1v) is 13.3. The average Bonchev–Trinajstić information content (AvgIpc) is 2.87. The van der Waals surface area contributed by atoms with E-state index >= 15 is 0 Å². The molecular weight excluding hydrogens is 490 g/mol. The van der Waals surface area contributed by atoms with Gasteiger partial charge in [0.1, 0.15) is 11.6 Å². The van der Waals surface area contributed by atoms with Crippen molar-refractivity contribution in [2.75, 3.05) is 0 Å². The summed E-state index contributed by atoms with van der Waals surface area (Å²) in [7, 11) is 0. The maximum atomic E-state index is 14.7. The van der Waals surface area contributed by atoms with Gasteiger partial charge in [-0.3, -0.25) is 0 Å². The smallest absolute Gasteiger partial charge is 0.416 e. The summed E-state index contributed by atoms with van der Waals surface area (Å²) in [5.74, 6) is -0.431. The molecule has 0 saturated heterocycles. The van der Waals surface area contributed by atoms with Crippen molar-refractivity contribution in [1.29, 1.82) is 0 Å². The molecule has 0 spiro atoms. The zero-order valence-corrected chi connectivity index (χ0v) is 21.0. The quantitative estimate of drug-likeness (QED) is 0.259. The van der Waals surface area contributed by atoms with Crippen LogP contribution in [-0.4, -0.2) is 6.11 Å². The Labute approximate surface area is 214 Å². The molecular formula is C30H34F6O. The lowest BCUT2D eigenvalue weighted by Gasteiger charge is -2.33. The summed E-state index contributed by atoms with van der Waals surface area (Å²) >= 11 is 0. The molecule has 0 heterocycles. The first-order valence-electron chi connectivity index (χ1n) is 13.3. The monoisotopic (exact) mass is 524 g/mol. The lowest BCUT2D eigenvalue weighted by Crippen LogP contribution is -2.37. The van der Waals surface area contributed by atoms with Crippen molar-refractivity contribution < 1.29 is 31.1 Å². The minimum Gasteiger partial charge on any atom is -0.432 e. The normalized spacial score (nSPS) is 25.4. The molecule has 2 aliphatic rings. The van der Waals surface area contributed by atoms with Gasteiger partial charge >= 0.3 is 12.3 Å². The molecule has 0 radical (unpaired) electrons. The Balaban J connectivity index is 1.23. The van der Waals surface area contributed by atoms with E-state index in [0.29, 0.717) is 31.6 Å². The Hall–Kier alpha value is -2.44. The van der Waals surface area contributed by atoms with Gasteiger partial charge in [-0.25, -0.2) is 4.39 Å². The Morgan fingerprint density at radius 2 is 1.35 bits per heavy atom. The van der Waals surface area contributed by atoms with Crippen LogP contribution < -0.4 is 4.74 Å². The minimum absolute atomic E-state index is 0.103. The van der Waals surface area contributed by atoms with Crippen LogP contribution in [0.15, 0.2) is 54.6 Å². The molecule has 0 N–H and O–H groups in total. The van der Waals surface area contributed by atoms with Gasteiger partial charge < -0.3 is 4.74 Å². The van der Waals surface area contributed by atoms with Crippen molar-refractivity contribution in [3.8, 4) is 5.75 Å². The van der Waals surface area contributed by atoms with E-state index in [0.717, 1.165) is 67.5 Å². The van der Waals surface area contributed by atoms with Crippen molar-refractivity contribution >= 4 is 0 Å². The fourth-order valence-electron chi connectivity index (χ4n) is 5.66. The summed E-state index contributed by atoms with van der Waals surface area (Å²) < 4.78 is 86.7. The Morgan fingerprint density at radius 3 is 1.86 bits per heavy atom. The van der Waals surface area contributed by atoms with Crippen molar-refractivity contribution in [2.24, 2.45) is 17.8 Å². The SMILES string of the molecule is CCc1ccc(C2CCC(/C=C/C3CCC(C(F)(F)Oc4ccc(C(F)(F)F)cc4)CC3)CC2)c(F)c1. The molecule has 4 rings (SSSR count). The number of allylic oxidation sites excluding steroid dienone is 2. The van der Waals surface area contributed by atoms with Crippen molar-refractivity contribution in [2.45, 2.75) is 82.9 Å². The first-order chi connectivity index (χ1) is 17.5. The third-order valence-electron chi connectivity index (χ3n) is 8.02.